The molecule has 11 nitrogen and oxygen atoms in total. The zero-order chi connectivity index (χ0) is 44.6. The fourth-order valence-corrected chi connectivity index (χ4v) is 7.20. The molecule has 1 rings (SSSR count). The lowest BCUT2D eigenvalue weighted by atomic mass is 10.1. The van der Waals surface area contributed by atoms with Crippen LogP contribution in [0.1, 0.15) is 180 Å². The van der Waals surface area contributed by atoms with Gasteiger partial charge in [0.1, 0.15) is 32.0 Å². The minimum atomic E-state index is -0.484. The highest BCUT2D eigenvalue weighted by atomic mass is 16.6. The zero-order valence-electron chi connectivity index (χ0n) is 37.9. The summed E-state index contributed by atoms with van der Waals surface area (Å²) in [6.45, 7) is 18.0. The molecule has 1 heterocycles. The Morgan fingerprint density at radius 3 is 1.07 bits per heavy atom. The van der Waals surface area contributed by atoms with Crippen molar-refractivity contribution < 1.29 is 47.7 Å². The smallest absolute Gasteiger partial charge is 0.306 e. The van der Waals surface area contributed by atoms with Gasteiger partial charge in [0.05, 0.1) is 5.92 Å². The number of ether oxygens (including phenoxy) is 5. The predicted octanol–water partition coefficient (Wildman–Crippen LogP) is 11.0. The van der Waals surface area contributed by atoms with Crippen LogP contribution in [0.25, 0.3) is 0 Å². The molecular weight excluding hydrogens is 775 g/mol. The van der Waals surface area contributed by atoms with Crippen molar-refractivity contribution in [2.45, 2.75) is 192 Å². The molecule has 0 radical (unpaired) electrons. The van der Waals surface area contributed by atoms with Gasteiger partial charge in [0, 0.05) is 32.1 Å². The van der Waals surface area contributed by atoms with Crippen LogP contribution in [-0.2, 0) is 47.7 Å². The lowest BCUT2D eigenvalue weighted by Crippen LogP contribution is -2.27. The van der Waals surface area contributed by atoms with Crippen molar-refractivity contribution in [2.24, 2.45) is 5.92 Å². The van der Waals surface area contributed by atoms with E-state index in [4.69, 9.17) is 23.7 Å². The van der Waals surface area contributed by atoms with Crippen molar-refractivity contribution in [1.29, 1.82) is 0 Å². The second-order valence-electron chi connectivity index (χ2n) is 16.5. The number of hydrogen-bond donors (Lipinski definition) is 0. The first kappa shape index (κ1) is 55.3. The van der Waals surface area contributed by atoms with E-state index >= 15 is 0 Å². The van der Waals surface area contributed by atoms with Gasteiger partial charge in [0.2, 0.25) is 0 Å². The molecule has 0 aromatic heterocycles. The molecule has 0 saturated carbocycles. The lowest BCUT2D eigenvalue weighted by molar-refractivity contribution is -0.154. The molecule has 0 unspecified atom stereocenters. The van der Waals surface area contributed by atoms with Crippen LogP contribution in [0.5, 0.6) is 0 Å². The summed E-state index contributed by atoms with van der Waals surface area (Å²) in [4.78, 5) is 65.1. The molecule has 0 aromatic carbocycles. The van der Waals surface area contributed by atoms with E-state index in [1.165, 1.54) is 12.8 Å². The highest BCUT2D eigenvalue weighted by molar-refractivity contribution is 5.71. The van der Waals surface area contributed by atoms with E-state index in [0.29, 0.717) is 44.9 Å². The predicted molar refractivity (Wildman–Crippen MR) is 243 cm³/mol. The second-order valence-corrected chi connectivity index (χ2v) is 16.5. The van der Waals surface area contributed by atoms with Gasteiger partial charge in [0.15, 0.2) is 0 Å². The molecule has 1 saturated heterocycles. The van der Waals surface area contributed by atoms with Crippen LogP contribution in [0, 0.1) is 5.92 Å². The van der Waals surface area contributed by atoms with Gasteiger partial charge in [-0.3, -0.25) is 24.0 Å². The Morgan fingerprint density at radius 2 is 0.738 bits per heavy atom. The van der Waals surface area contributed by atoms with E-state index in [9.17, 15) is 24.0 Å². The first-order valence-electron chi connectivity index (χ1n) is 23.7. The Bertz CT molecular complexity index is 1130. The van der Waals surface area contributed by atoms with Gasteiger partial charge in [-0.2, -0.15) is 0 Å². The highest BCUT2D eigenvalue weighted by Crippen LogP contribution is 2.18. The molecule has 0 amide bonds. The Balaban J connectivity index is 2.43. The lowest BCUT2D eigenvalue weighted by Gasteiger charge is -2.18. The Morgan fingerprint density at radius 1 is 0.426 bits per heavy atom. The normalized spacial score (nSPS) is 12.6. The van der Waals surface area contributed by atoms with Crippen molar-refractivity contribution in [3.8, 4) is 0 Å². The highest BCUT2D eigenvalue weighted by Gasteiger charge is 2.20. The molecule has 1 aliphatic heterocycles. The maximum absolute atomic E-state index is 12.6. The quantitative estimate of drug-likeness (QED) is 0.0251. The maximum Gasteiger partial charge on any atom is 0.306 e. The van der Waals surface area contributed by atoms with Crippen molar-refractivity contribution in [3.05, 3.63) is 50.6 Å². The van der Waals surface area contributed by atoms with Crippen molar-refractivity contribution in [1.82, 2.24) is 4.90 Å². The minimum Gasteiger partial charge on any atom is -0.465 e. The SMILES string of the molecule is C=CCCCC(CCCC=C)OC(=O)CCCCCCC(=O)OCC(COC(=O)CCCCCCC(=O)OC(CCCC=C)CCCC=C)COC(=O)CCCN1CCCC1. The molecule has 11 heteroatoms. The van der Waals surface area contributed by atoms with E-state index in [1.54, 1.807) is 0 Å². The topological polar surface area (TPSA) is 135 Å². The average molecular weight is 858 g/mol. The summed E-state index contributed by atoms with van der Waals surface area (Å²) in [6, 6.07) is 0. The second kappa shape index (κ2) is 39.1. The third-order valence-corrected chi connectivity index (χ3v) is 10.9. The number of allylic oxidation sites excluding steroid dienone is 4. The Hall–Kier alpha value is -3.73. The number of likely N-dealkylation sites (tertiary alicyclic amines) is 1. The van der Waals surface area contributed by atoms with Crippen LogP contribution in [0.3, 0.4) is 0 Å². The number of carbonyl (C=O) groups is 5. The van der Waals surface area contributed by atoms with Crippen LogP contribution in [0.4, 0.5) is 0 Å². The van der Waals surface area contributed by atoms with E-state index in [0.717, 1.165) is 129 Å². The third kappa shape index (κ3) is 33.6. The Kier molecular flexibility index (Phi) is 35.5. The van der Waals surface area contributed by atoms with Crippen LogP contribution < -0.4 is 0 Å². The fraction of sp³-hybridized carbons (Fsp3) is 0.740. The van der Waals surface area contributed by atoms with Crippen LogP contribution in [0.2, 0.25) is 0 Å². The van der Waals surface area contributed by atoms with E-state index in [2.05, 4.69) is 31.2 Å². The van der Waals surface area contributed by atoms with Crippen molar-refractivity contribution in [3.63, 3.8) is 0 Å². The molecule has 0 N–H and O–H groups in total. The van der Waals surface area contributed by atoms with Gasteiger partial charge in [-0.1, -0.05) is 50.0 Å². The number of rotatable bonds is 42. The van der Waals surface area contributed by atoms with Gasteiger partial charge in [-0.25, -0.2) is 0 Å². The molecule has 0 spiro atoms. The molecule has 0 aliphatic carbocycles. The summed E-state index contributed by atoms with van der Waals surface area (Å²) < 4.78 is 28.1. The van der Waals surface area contributed by atoms with Gasteiger partial charge in [-0.05, 0) is 142 Å². The first-order valence-corrected chi connectivity index (χ1v) is 23.7. The van der Waals surface area contributed by atoms with Gasteiger partial charge in [0.25, 0.3) is 0 Å². The molecular formula is C50H83NO10. The number of hydrogen-bond acceptors (Lipinski definition) is 11. The van der Waals surface area contributed by atoms with Gasteiger partial charge >= 0.3 is 29.8 Å². The summed E-state index contributed by atoms with van der Waals surface area (Å²) in [5.41, 5.74) is 0. The largest absolute Gasteiger partial charge is 0.465 e. The van der Waals surface area contributed by atoms with Crippen LogP contribution in [-0.4, -0.2) is 86.4 Å². The third-order valence-electron chi connectivity index (χ3n) is 10.9. The molecule has 348 valence electrons. The van der Waals surface area contributed by atoms with Crippen LogP contribution in [0.15, 0.2) is 50.6 Å². The summed E-state index contributed by atoms with van der Waals surface area (Å²) in [7, 11) is 0. The molecule has 1 aliphatic rings. The maximum atomic E-state index is 12.6. The number of nitrogens with zero attached hydrogens (tertiary/aromatic N) is 1. The summed E-state index contributed by atoms with van der Waals surface area (Å²) >= 11 is 0. The standard InChI is InChI=1S/C50H83NO10/c1-5-9-17-28-44(29-18-10-6-2)60-49(55)34-23-15-13-21-32-46(52)57-40-43(42-59-48(54)36-27-39-51-37-25-26-38-51)41-58-47(53)33-22-14-16-24-35-50(56)61-45(30-19-11-7-3)31-20-12-8-4/h5-8,43-45H,1-4,9-42H2. The zero-order valence-corrected chi connectivity index (χ0v) is 37.9. The molecule has 0 bridgehead atoms. The fourth-order valence-electron chi connectivity index (χ4n) is 7.20. The molecule has 61 heavy (non-hydrogen) atoms. The average Bonchev–Trinajstić information content (AvgIpc) is 3.77. The summed E-state index contributed by atoms with van der Waals surface area (Å²) in [5, 5.41) is 0. The molecule has 0 atom stereocenters. The van der Waals surface area contributed by atoms with Crippen molar-refractivity contribution in [2.75, 3.05) is 39.5 Å². The number of esters is 5. The first-order chi connectivity index (χ1) is 29.7. The number of carbonyl (C=O) groups excluding carboxylic acids is 5. The summed E-state index contributed by atoms with van der Waals surface area (Å²) in [5.74, 6) is -1.89. The minimum absolute atomic E-state index is 0.0119. The number of unbranched alkanes of at least 4 members (excludes halogenated alkanes) is 10. The molecule has 0 aromatic rings. The van der Waals surface area contributed by atoms with Crippen LogP contribution >= 0.6 is 0 Å². The van der Waals surface area contributed by atoms with Gasteiger partial charge in [-0.15, -0.1) is 26.3 Å². The molecule has 1 fully saturated rings. The van der Waals surface area contributed by atoms with E-state index in [1.807, 2.05) is 24.3 Å². The van der Waals surface area contributed by atoms with E-state index in [-0.39, 0.29) is 74.7 Å². The monoisotopic (exact) mass is 858 g/mol. The Labute approximate surface area is 369 Å². The summed E-state index contributed by atoms with van der Waals surface area (Å²) in [6.07, 6.45) is 28.5. The van der Waals surface area contributed by atoms with E-state index < -0.39 is 5.92 Å². The van der Waals surface area contributed by atoms with Gasteiger partial charge < -0.3 is 28.6 Å². The van der Waals surface area contributed by atoms with Crippen molar-refractivity contribution >= 4 is 29.8 Å².